The van der Waals surface area contributed by atoms with E-state index in [9.17, 15) is 8.42 Å². The van der Waals surface area contributed by atoms with E-state index in [2.05, 4.69) is 35.8 Å². The summed E-state index contributed by atoms with van der Waals surface area (Å²) in [5.41, 5.74) is 0. The largest absolute Gasteiger partial charge is 0.354 e. The quantitative estimate of drug-likeness (QED) is 0.610. The van der Waals surface area contributed by atoms with Gasteiger partial charge < -0.3 is 10.2 Å². The van der Waals surface area contributed by atoms with Crippen LogP contribution >= 0.6 is 11.8 Å². The van der Waals surface area contributed by atoms with Crippen LogP contribution in [0.3, 0.4) is 0 Å². The Morgan fingerprint density at radius 1 is 1.35 bits per heavy atom. The number of rotatable bonds is 4. The fourth-order valence-corrected chi connectivity index (χ4v) is 6.30. The molecular weight excluding hydrogens is 330 g/mol. The first-order valence-corrected chi connectivity index (χ1v) is 11.7. The highest BCUT2D eigenvalue weighted by Gasteiger charge is 2.31. The summed E-state index contributed by atoms with van der Waals surface area (Å²) >= 11 is 2.07. The van der Waals surface area contributed by atoms with Crippen molar-refractivity contribution in [3.8, 4) is 0 Å². The molecule has 0 aromatic rings. The molecule has 0 aromatic heterocycles. The maximum atomic E-state index is 11.6. The van der Waals surface area contributed by atoms with Gasteiger partial charge in [-0.25, -0.2) is 8.42 Å². The van der Waals surface area contributed by atoms with Crippen LogP contribution in [0.2, 0.25) is 0 Å². The van der Waals surface area contributed by atoms with E-state index in [0.29, 0.717) is 35.3 Å². The van der Waals surface area contributed by atoms with Crippen LogP contribution in [0.5, 0.6) is 0 Å². The van der Waals surface area contributed by atoms with Crippen LogP contribution in [-0.2, 0) is 9.84 Å². The molecule has 2 heterocycles. The molecule has 132 valence electrons. The van der Waals surface area contributed by atoms with Gasteiger partial charge in [-0.3, -0.25) is 4.99 Å². The van der Waals surface area contributed by atoms with Gasteiger partial charge in [-0.2, -0.15) is 11.8 Å². The average molecular weight is 360 g/mol. The van der Waals surface area contributed by atoms with Crippen LogP contribution in [-0.4, -0.2) is 67.5 Å². The lowest BCUT2D eigenvalue weighted by atomic mass is 10.1. The molecule has 23 heavy (non-hydrogen) atoms. The molecule has 2 aliphatic heterocycles. The summed E-state index contributed by atoms with van der Waals surface area (Å²) in [4.78, 5) is 7.22. The van der Waals surface area contributed by atoms with Crippen molar-refractivity contribution in [1.29, 1.82) is 0 Å². The van der Waals surface area contributed by atoms with E-state index in [1.807, 2.05) is 0 Å². The van der Waals surface area contributed by atoms with Crippen molar-refractivity contribution < 1.29 is 8.42 Å². The first-order valence-electron chi connectivity index (χ1n) is 8.81. The Kier molecular flexibility index (Phi) is 5.46. The molecule has 2 atom stereocenters. The molecule has 3 fully saturated rings. The average Bonchev–Trinajstić information content (AvgIpc) is 3.26. The highest BCUT2D eigenvalue weighted by atomic mass is 32.2. The van der Waals surface area contributed by atoms with Gasteiger partial charge in [0.15, 0.2) is 15.8 Å². The van der Waals surface area contributed by atoms with E-state index in [1.165, 1.54) is 12.8 Å². The zero-order chi connectivity index (χ0) is 16.4. The summed E-state index contributed by atoms with van der Waals surface area (Å²) < 4.78 is 23.2. The summed E-state index contributed by atoms with van der Waals surface area (Å²) in [7, 11) is -2.81. The Hall–Kier alpha value is -0.430. The second-order valence-electron chi connectivity index (χ2n) is 7.45. The number of nitrogens with one attached hydrogen (secondary N) is 1. The monoisotopic (exact) mass is 359 g/mol. The lowest BCUT2D eigenvalue weighted by Gasteiger charge is -2.36. The predicted molar refractivity (Wildman–Crippen MR) is 97.9 cm³/mol. The van der Waals surface area contributed by atoms with Crippen molar-refractivity contribution >= 4 is 27.6 Å². The maximum absolute atomic E-state index is 11.6. The first kappa shape index (κ1) is 17.4. The van der Waals surface area contributed by atoms with Gasteiger partial charge in [0.25, 0.3) is 0 Å². The predicted octanol–water partition coefficient (Wildman–Crippen LogP) is 1.60. The molecular formula is C16H29N3O2S2. The number of sulfone groups is 1. The molecule has 0 amide bonds. The zero-order valence-electron chi connectivity index (χ0n) is 14.2. The van der Waals surface area contributed by atoms with E-state index in [-0.39, 0.29) is 5.92 Å². The second-order valence-corrected chi connectivity index (χ2v) is 11.0. The van der Waals surface area contributed by atoms with Crippen LogP contribution < -0.4 is 5.32 Å². The van der Waals surface area contributed by atoms with Crippen molar-refractivity contribution in [3.63, 3.8) is 0 Å². The minimum absolute atomic E-state index is 0.205. The summed E-state index contributed by atoms with van der Waals surface area (Å²) in [6, 6.07) is 0.577. The molecule has 5 nitrogen and oxygen atoms in total. The van der Waals surface area contributed by atoms with Gasteiger partial charge in [0.2, 0.25) is 0 Å². The number of thioether (sulfide) groups is 1. The Bertz CT molecular complexity index is 544. The molecule has 3 rings (SSSR count). The van der Waals surface area contributed by atoms with E-state index >= 15 is 0 Å². The fourth-order valence-electron chi connectivity index (χ4n) is 3.15. The topological polar surface area (TPSA) is 61.8 Å². The lowest BCUT2D eigenvalue weighted by molar-refractivity contribution is 0.378. The maximum Gasteiger partial charge on any atom is 0.194 e. The summed E-state index contributed by atoms with van der Waals surface area (Å²) in [6.45, 7) is 7.30. The standard InChI is InChI=1S/C16H29N3O2S2/c1-12(2)15-10-19(6-7-22-15)16(18-14-3-4-14)17-9-13-5-8-23(20,21)11-13/h12-15H,3-11H2,1-2H3,(H,17,18). The summed E-state index contributed by atoms with van der Waals surface area (Å²) in [5, 5.41) is 4.24. The van der Waals surface area contributed by atoms with Gasteiger partial charge in [0.05, 0.1) is 11.5 Å². The van der Waals surface area contributed by atoms with E-state index in [1.54, 1.807) is 0 Å². The molecule has 2 unspecified atom stereocenters. The third-order valence-electron chi connectivity index (χ3n) is 4.87. The molecule has 7 heteroatoms. The molecule has 2 saturated heterocycles. The highest BCUT2D eigenvalue weighted by Crippen LogP contribution is 2.26. The van der Waals surface area contributed by atoms with E-state index < -0.39 is 9.84 Å². The minimum Gasteiger partial charge on any atom is -0.354 e. The SMILES string of the molecule is CC(C)C1CN(C(=NCC2CCS(=O)(=O)C2)NC2CC2)CCS1. The summed E-state index contributed by atoms with van der Waals surface area (Å²) in [5.74, 6) is 3.70. The zero-order valence-corrected chi connectivity index (χ0v) is 15.8. The Morgan fingerprint density at radius 3 is 2.74 bits per heavy atom. The van der Waals surface area contributed by atoms with Crippen LogP contribution in [0.1, 0.15) is 33.1 Å². The van der Waals surface area contributed by atoms with Crippen molar-refractivity contribution in [2.24, 2.45) is 16.8 Å². The van der Waals surface area contributed by atoms with E-state index in [0.717, 1.165) is 31.2 Å². The number of guanidine groups is 1. The van der Waals surface area contributed by atoms with Crippen LogP contribution in [0.4, 0.5) is 0 Å². The molecule has 1 aliphatic carbocycles. The van der Waals surface area contributed by atoms with Crippen LogP contribution in [0.15, 0.2) is 4.99 Å². The van der Waals surface area contributed by atoms with Gasteiger partial charge in [0, 0.05) is 36.7 Å². The molecule has 0 spiro atoms. The van der Waals surface area contributed by atoms with Gasteiger partial charge in [-0.15, -0.1) is 0 Å². The Labute approximate surface area is 144 Å². The smallest absolute Gasteiger partial charge is 0.194 e. The number of hydrogen-bond acceptors (Lipinski definition) is 4. The van der Waals surface area contributed by atoms with Crippen molar-refractivity contribution in [2.45, 2.75) is 44.4 Å². The molecule has 0 radical (unpaired) electrons. The molecule has 1 saturated carbocycles. The second kappa shape index (κ2) is 7.21. The third kappa shape index (κ3) is 5.02. The molecule has 1 N–H and O–H groups in total. The lowest BCUT2D eigenvalue weighted by Crippen LogP contribution is -2.49. The number of aliphatic imine (C=N–C) groups is 1. The number of hydrogen-bond donors (Lipinski definition) is 1. The first-order chi connectivity index (χ1) is 10.9. The van der Waals surface area contributed by atoms with Crippen molar-refractivity contribution in [2.75, 3.05) is 36.9 Å². The fraction of sp³-hybridized carbons (Fsp3) is 0.938. The molecule has 0 aromatic carbocycles. The molecule has 0 bridgehead atoms. The Morgan fingerprint density at radius 2 is 2.13 bits per heavy atom. The van der Waals surface area contributed by atoms with Gasteiger partial charge in [-0.05, 0) is 31.1 Å². The van der Waals surface area contributed by atoms with Gasteiger partial charge >= 0.3 is 0 Å². The van der Waals surface area contributed by atoms with Crippen LogP contribution in [0.25, 0.3) is 0 Å². The normalized spacial score (nSPS) is 31.6. The van der Waals surface area contributed by atoms with Gasteiger partial charge in [-0.1, -0.05) is 13.8 Å². The van der Waals surface area contributed by atoms with Crippen molar-refractivity contribution in [3.05, 3.63) is 0 Å². The minimum atomic E-state index is -2.81. The van der Waals surface area contributed by atoms with E-state index in [4.69, 9.17) is 4.99 Å². The van der Waals surface area contributed by atoms with Crippen LogP contribution in [0, 0.1) is 11.8 Å². The Balaban J connectivity index is 1.63. The van der Waals surface area contributed by atoms with Gasteiger partial charge in [0.1, 0.15) is 0 Å². The number of nitrogens with zero attached hydrogens (tertiary/aromatic N) is 2. The highest BCUT2D eigenvalue weighted by molar-refractivity contribution is 8.00. The third-order valence-corrected chi connectivity index (χ3v) is 8.25. The van der Waals surface area contributed by atoms with Crippen molar-refractivity contribution in [1.82, 2.24) is 10.2 Å². The summed E-state index contributed by atoms with van der Waals surface area (Å²) in [6.07, 6.45) is 3.23. The molecule has 3 aliphatic rings.